The number of benzene rings is 1. The molecule has 0 aliphatic rings. The lowest BCUT2D eigenvalue weighted by Crippen LogP contribution is -2.11. The third kappa shape index (κ3) is 3.86. The van der Waals surface area contributed by atoms with E-state index in [0.29, 0.717) is 11.8 Å². The van der Waals surface area contributed by atoms with Gasteiger partial charge in [-0.15, -0.1) is 5.10 Å². The first kappa shape index (κ1) is 19.6. The number of aryl methyl sites for hydroxylation is 2. The molecule has 7 nitrogen and oxygen atoms in total. The number of rotatable bonds is 4. The van der Waals surface area contributed by atoms with E-state index in [0.717, 1.165) is 23.5 Å². The number of aromatic nitrogens is 6. The molecule has 0 aliphatic carbocycles. The summed E-state index contributed by atoms with van der Waals surface area (Å²) in [5.74, 6) is -0.703. The van der Waals surface area contributed by atoms with Gasteiger partial charge in [0.05, 0.1) is 35.2 Å². The highest BCUT2D eigenvalue weighted by atomic mass is 19.4. The van der Waals surface area contributed by atoms with E-state index in [4.69, 9.17) is 0 Å². The first-order chi connectivity index (χ1) is 14.2. The summed E-state index contributed by atoms with van der Waals surface area (Å²) in [6.45, 7) is 1.87. The lowest BCUT2D eigenvalue weighted by atomic mass is 10.1. The van der Waals surface area contributed by atoms with Crippen LogP contribution >= 0.6 is 0 Å². The van der Waals surface area contributed by atoms with Crippen molar-refractivity contribution in [2.45, 2.75) is 13.1 Å². The standard InChI is InChI=1S/C19H15F4N7/c1-11-9-30(10-25-11)13-4-6-16(24-8-13)17-27-18(29(2)28-17)26-15-5-3-12(20)7-14(15)19(21,22)23/h3-10H,1-2H3,(H,26,27,28). The van der Waals surface area contributed by atoms with Crippen LogP contribution in [0.3, 0.4) is 0 Å². The molecule has 4 rings (SSSR count). The fourth-order valence-electron chi connectivity index (χ4n) is 2.82. The average Bonchev–Trinajstić information content (AvgIpc) is 3.28. The minimum atomic E-state index is -4.73. The van der Waals surface area contributed by atoms with Gasteiger partial charge in [-0.25, -0.2) is 14.1 Å². The Morgan fingerprint density at radius 3 is 2.50 bits per heavy atom. The van der Waals surface area contributed by atoms with E-state index in [1.54, 1.807) is 29.2 Å². The minimum Gasteiger partial charge on any atom is -0.324 e. The molecule has 0 saturated carbocycles. The number of pyridine rings is 1. The monoisotopic (exact) mass is 417 g/mol. The summed E-state index contributed by atoms with van der Waals surface area (Å²) in [6, 6.07) is 5.87. The Balaban J connectivity index is 1.62. The zero-order valence-electron chi connectivity index (χ0n) is 15.8. The minimum absolute atomic E-state index is 0.0539. The normalized spacial score (nSPS) is 11.7. The molecule has 0 aliphatic heterocycles. The molecule has 11 heteroatoms. The van der Waals surface area contributed by atoms with Gasteiger partial charge in [0.15, 0.2) is 0 Å². The molecule has 154 valence electrons. The topological polar surface area (TPSA) is 73.5 Å². The maximum Gasteiger partial charge on any atom is 0.418 e. The van der Waals surface area contributed by atoms with Crippen molar-refractivity contribution in [2.24, 2.45) is 7.05 Å². The fourth-order valence-corrected chi connectivity index (χ4v) is 2.82. The summed E-state index contributed by atoms with van der Waals surface area (Å²) >= 11 is 0. The van der Waals surface area contributed by atoms with Gasteiger partial charge in [0.25, 0.3) is 0 Å². The van der Waals surface area contributed by atoms with Gasteiger partial charge in [0.2, 0.25) is 11.8 Å². The summed E-state index contributed by atoms with van der Waals surface area (Å²) in [7, 11) is 1.53. The number of imidazole rings is 1. The molecule has 0 saturated heterocycles. The number of nitrogens with zero attached hydrogens (tertiary/aromatic N) is 6. The first-order valence-corrected chi connectivity index (χ1v) is 8.73. The second-order valence-corrected chi connectivity index (χ2v) is 6.52. The summed E-state index contributed by atoms with van der Waals surface area (Å²) < 4.78 is 56.0. The van der Waals surface area contributed by atoms with Crippen molar-refractivity contribution in [3.63, 3.8) is 0 Å². The van der Waals surface area contributed by atoms with Gasteiger partial charge >= 0.3 is 6.18 Å². The second-order valence-electron chi connectivity index (χ2n) is 6.52. The quantitative estimate of drug-likeness (QED) is 0.502. The largest absolute Gasteiger partial charge is 0.418 e. The molecular formula is C19H15F4N7. The molecule has 0 radical (unpaired) electrons. The number of hydrogen-bond acceptors (Lipinski definition) is 5. The molecule has 3 aromatic heterocycles. The molecular weight excluding hydrogens is 402 g/mol. The Hall–Kier alpha value is -3.76. The van der Waals surface area contributed by atoms with Gasteiger partial charge in [0.1, 0.15) is 11.5 Å². The van der Waals surface area contributed by atoms with Gasteiger partial charge < -0.3 is 9.88 Å². The molecule has 0 amide bonds. The lowest BCUT2D eigenvalue weighted by Gasteiger charge is -2.13. The van der Waals surface area contributed by atoms with Crippen molar-refractivity contribution < 1.29 is 17.6 Å². The summed E-state index contributed by atoms with van der Waals surface area (Å²) in [5.41, 5.74) is 0.624. The Bertz CT molecular complexity index is 1190. The number of alkyl halides is 3. The van der Waals surface area contributed by atoms with Gasteiger partial charge in [-0.2, -0.15) is 18.2 Å². The van der Waals surface area contributed by atoms with E-state index in [2.05, 4.69) is 25.4 Å². The molecule has 4 aromatic rings. The van der Waals surface area contributed by atoms with Crippen molar-refractivity contribution in [3.05, 3.63) is 66.1 Å². The maximum atomic E-state index is 13.3. The molecule has 1 N–H and O–H groups in total. The van der Waals surface area contributed by atoms with Crippen molar-refractivity contribution >= 4 is 11.6 Å². The van der Waals surface area contributed by atoms with Crippen LogP contribution in [0.1, 0.15) is 11.3 Å². The van der Waals surface area contributed by atoms with Crippen LogP contribution in [0.2, 0.25) is 0 Å². The van der Waals surface area contributed by atoms with Crippen molar-refractivity contribution in [3.8, 4) is 17.2 Å². The lowest BCUT2D eigenvalue weighted by molar-refractivity contribution is -0.137. The van der Waals surface area contributed by atoms with Crippen molar-refractivity contribution in [1.29, 1.82) is 0 Å². The molecule has 3 heterocycles. The summed E-state index contributed by atoms with van der Waals surface area (Å²) in [5, 5.41) is 6.77. The third-order valence-electron chi connectivity index (χ3n) is 4.28. The van der Waals surface area contributed by atoms with Crippen molar-refractivity contribution in [1.82, 2.24) is 29.3 Å². The molecule has 0 unspecified atom stereocenters. The highest BCUT2D eigenvalue weighted by molar-refractivity contribution is 5.62. The van der Waals surface area contributed by atoms with E-state index in [-0.39, 0.29) is 17.5 Å². The third-order valence-corrected chi connectivity index (χ3v) is 4.28. The fraction of sp³-hybridized carbons (Fsp3) is 0.158. The van der Waals surface area contributed by atoms with Crippen LogP contribution in [0.4, 0.5) is 29.2 Å². The number of anilines is 2. The smallest absolute Gasteiger partial charge is 0.324 e. The van der Waals surface area contributed by atoms with Crippen LogP contribution in [0, 0.1) is 12.7 Å². The molecule has 0 spiro atoms. The molecule has 30 heavy (non-hydrogen) atoms. The van der Waals surface area contributed by atoms with Crippen LogP contribution in [0.5, 0.6) is 0 Å². The predicted molar refractivity (Wildman–Crippen MR) is 101 cm³/mol. The number of hydrogen-bond donors (Lipinski definition) is 1. The van der Waals surface area contributed by atoms with Crippen molar-refractivity contribution in [2.75, 3.05) is 5.32 Å². The highest BCUT2D eigenvalue weighted by Crippen LogP contribution is 2.36. The van der Waals surface area contributed by atoms with Gasteiger partial charge in [0, 0.05) is 13.2 Å². The van der Waals surface area contributed by atoms with E-state index in [1.165, 1.54) is 11.7 Å². The molecule has 0 fully saturated rings. The molecule has 0 bridgehead atoms. The van der Waals surface area contributed by atoms with Crippen LogP contribution in [-0.2, 0) is 13.2 Å². The second kappa shape index (κ2) is 7.25. The van der Waals surface area contributed by atoms with Crippen LogP contribution in [-0.4, -0.2) is 29.3 Å². The Labute approximate surface area is 168 Å². The van der Waals surface area contributed by atoms with E-state index >= 15 is 0 Å². The van der Waals surface area contributed by atoms with Crippen LogP contribution in [0.15, 0.2) is 49.1 Å². The SMILES string of the molecule is Cc1cn(-c2ccc(-c3nc(Nc4ccc(F)cc4C(F)(F)F)n(C)n3)nc2)cn1. The maximum absolute atomic E-state index is 13.3. The predicted octanol–water partition coefficient (Wildman–Crippen LogP) is 4.27. The number of halogens is 4. The molecule has 0 atom stereocenters. The zero-order chi connectivity index (χ0) is 21.5. The highest BCUT2D eigenvalue weighted by Gasteiger charge is 2.34. The van der Waals surface area contributed by atoms with Crippen LogP contribution in [0.25, 0.3) is 17.2 Å². The van der Waals surface area contributed by atoms with Crippen LogP contribution < -0.4 is 5.32 Å². The molecule has 1 aromatic carbocycles. The zero-order valence-corrected chi connectivity index (χ0v) is 15.8. The average molecular weight is 417 g/mol. The van der Waals surface area contributed by atoms with E-state index in [9.17, 15) is 17.6 Å². The summed E-state index contributed by atoms with van der Waals surface area (Å²) in [6.07, 6.45) is 0.392. The Morgan fingerprint density at radius 2 is 1.87 bits per heavy atom. The summed E-state index contributed by atoms with van der Waals surface area (Å²) in [4.78, 5) is 12.7. The number of nitrogens with one attached hydrogen (secondary N) is 1. The Morgan fingerprint density at radius 1 is 1.07 bits per heavy atom. The van der Waals surface area contributed by atoms with Gasteiger partial charge in [-0.3, -0.25) is 4.98 Å². The van der Waals surface area contributed by atoms with E-state index in [1.807, 2.05) is 13.1 Å². The van der Waals surface area contributed by atoms with Gasteiger partial charge in [-0.1, -0.05) is 0 Å². The Kier molecular flexibility index (Phi) is 4.72. The van der Waals surface area contributed by atoms with E-state index < -0.39 is 17.6 Å². The first-order valence-electron chi connectivity index (χ1n) is 8.73. The van der Waals surface area contributed by atoms with Gasteiger partial charge in [-0.05, 0) is 37.3 Å².